The van der Waals surface area contributed by atoms with Gasteiger partial charge in [0.25, 0.3) is 11.6 Å². The Morgan fingerprint density at radius 2 is 1.83 bits per heavy atom. The molecule has 0 aromatic heterocycles. The summed E-state index contributed by atoms with van der Waals surface area (Å²) in [6, 6.07) is 10.7. The lowest BCUT2D eigenvalue weighted by Gasteiger charge is -2.12. The Morgan fingerprint density at radius 3 is 2.45 bits per heavy atom. The number of hydrogen-bond donors (Lipinski definition) is 3. The first-order chi connectivity index (χ1) is 13.9. The Bertz CT molecular complexity index is 908. The third-order valence-corrected chi connectivity index (χ3v) is 4.58. The summed E-state index contributed by atoms with van der Waals surface area (Å²) in [5.74, 6) is -0.574. The minimum absolute atomic E-state index is 0.00860. The Labute approximate surface area is 167 Å². The van der Waals surface area contributed by atoms with Crippen LogP contribution < -0.4 is 16.0 Å². The zero-order chi connectivity index (χ0) is 20.8. The monoisotopic (exact) mass is 398 g/mol. The molecule has 0 aliphatic carbocycles. The van der Waals surface area contributed by atoms with E-state index >= 15 is 0 Å². The molecule has 0 saturated carbocycles. The number of carbonyl (C=O) groups is 2. The Morgan fingerprint density at radius 1 is 1.14 bits per heavy atom. The van der Waals surface area contributed by atoms with Crippen LogP contribution in [0.3, 0.4) is 0 Å². The molecule has 1 atom stereocenters. The van der Waals surface area contributed by atoms with E-state index < -0.39 is 10.8 Å². The summed E-state index contributed by atoms with van der Waals surface area (Å²) in [7, 11) is 0. The number of anilines is 2. The smallest absolute Gasteiger partial charge is 0.319 e. The number of nitrogens with zero attached hydrogens (tertiary/aromatic N) is 1. The van der Waals surface area contributed by atoms with Crippen LogP contribution in [0.25, 0.3) is 0 Å². The van der Waals surface area contributed by atoms with Gasteiger partial charge in [0.1, 0.15) is 5.56 Å². The number of hydrogen-bond acceptors (Lipinski definition) is 5. The maximum atomic E-state index is 12.5. The molecular formula is C20H22N4O5. The van der Waals surface area contributed by atoms with Crippen LogP contribution in [0, 0.1) is 17.0 Å². The number of urea groups is 1. The second kappa shape index (κ2) is 9.16. The van der Waals surface area contributed by atoms with Gasteiger partial charge in [0.15, 0.2) is 0 Å². The first-order valence-corrected chi connectivity index (χ1v) is 9.26. The van der Waals surface area contributed by atoms with Crippen LogP contribution in [0.4, 0.5) is 21.9 Å². The van der Waals surface area contributed by atoms with Crippen LogP contribution in [0.15, 0.2) is 42.5 Å². The number of amides is 3. The molecule has 0 radical (unpaired) electrons. The predicted octanol–water partition coefficient (Wildman–Crippen LogP) is 3.46. The molecule has 3 amide bonds. The highest BCUT2D eigenvalue weighted by molar-refractivity contribution is 6.07. The van der Waals surface area contributed by atoms with Crippen LogP contribution in [-0.4, -0.2) is 36.1 Å². The molecule has 1 aliphatic rings. The normalized spacial score (nSPS) is 15.6. The summed E-state index contributed by atoms with van der Waals surface area (Å²) in [5.41, 5.74) is 1.19. The number of nitro benzene ring substituents is 1. The molecule has 1 unspecified atom stereocenters. The highest BCUT2D eigenvalue weighted by atomic mass is 16.6. The van der Waals surface area contributed by atoms with Crippen molar-refractivity contribution in [2.75, 3.05) is 23.8 Å². The lowest BCUT2D eigenvalue weighted by molar-refractivity contribution is -0.385. The molecule has 2 aromatic rings. The van der Waals surface area contributed by atoms with Gasteiger partial charge in [0, 0.05) is 30.1 Å². The van der Waals surface area contributed by atoms with Crippen molar-refractivity contribution in [3.63, 3.8) is 0 Å². The van der Waals surface area contributed by atoms with Crippen molar-refractivity contribution in [1.29, 1.82) is 0 Å². The van der Waals surface area contributed by atoms with Gasteiger partial charge in [0.2, 0.25) is 0 Å². The standard InChI is InChI=1S/C20H22N4O5/c1-13-4-2-6-17(18(13)24(27)28)19(25)22-14-7-9-15(10-8-14)23-20(26)21-12-16-5-3-11-29-16/h2,4,6-10,16H,3,5,11-12H2,1H3,(H,22,25)(H2,21,23,26). The van der Waals surface area contributed by atoms with Gasteiger partial charge < -0.3 is 20.7 Å². The molecule has 9 heteroatoms. The van der Waals surface area contributed by atoms with Crippen molar-refractivity contribution in [3.05, 3.63) is 63.7 Å². The number of para-hydroxylation sites is 1. The van der Waals surface area contributed by atoms with E-state index in [-0.39, 0.29) is 23.4 Å². The summed E-state index contributed by atoms with van der Waals surface area (Å²) < 4.78 is 5.45. The molecule has 0 bridgehead atoms. The average Bonchev–Trinajstić information content (AvgIpc) is 3.21. The lowest BCUT2D eigenvalue weighted by atomic mass is 10.1. The van der Waals surface area contributed by atoms with E-state index in [4.69, 9.17) is 4.74 Å². The largest absolute Gasteiger partial charge is 0.376 e. The predicted molar refractivity (Wildman–Crippen MR) is 108 cm³/mol. The zero-order valence-corrected chi connectivity index (χ0v) is 15.9. The van der Waals surface area contributed by atoms with Crippen molar-refractivity contribution >= 4 is 29.0 Å². The molecule has 1 aliphatic heterocycles. The fourth-order valence-electron chi connectivity index (χ4n) is 3.11. The molecular weight excluding hydrogens is 376 g/mol. The molecule has 3 rings (SSSR count). The first kappa shape index (κ1) is 20.3. The van der Waals surface area contributed by atoms with Crippen LogP contribution in [0.5, 0.6) is 0 Å². The Kier molecular flexibility index (Phi) is 6.40. The van der Waals surface area contributed by atoms with Gasteiger partial charge in [-0.2, -0.15) is 0 Å². The van der Waals surface area contributed by atoms with Crippen molar-refractivity contribution in [2.45, 2.75) is 25.9 Å². The van der Waals surface area contributed by atoms with E-state index in [0.29, 0.717) is 23.5 Å². The van der Waals surface area contributed by atoms with Gasteiger partial charge >= 0.3 is 6.03 Å². The van der Waals surface area contributed by atoms with Crippen LogP contribution in [0.1, 0.15) is 28.8 Å². The van der Waals surface area contributed by atoms with Crippen molar-refractivity contribution in [1.82, 2.24) is 5.32 Å². The third kappa shape index (κ3) is 5.29. The molecule has 1 fully saturated rings. The SMILES string of the molecule is Cc1cccc(C(=O)Nc2ccc(NC(=O)NCC3CCCO3)cc2)c1[N+](=O)[O-]. The maximum Gasteiger partial charge on any atom is 0.319 e. The molecule has 0 spiro atoms. The minimum Gasteiger partial charge on any atom is -0.376 e. The molecule has 9 nitrogen and oxygen atoms in total. The third-order valence-electron chi connectivity index (χ3n) is 4.58. The van der Waals surface area contributed by atoms with Crippen LogP contribution in [-0.2, 0) is 4.74 Å². The van der Waals surface area contributed by atoms with E-state index in [1.54, 1.807) is 43.3 Å². The van der Waals surface area contributed by atoms with E-state index in [1.807, 2.05) is 0 Å². The second-order valence-electron chi connectivity index (χ2n) is 6.73. The van der Waals surface area contributed by atoms with E-state index in [1.165, 1.54) is 6.07 Å². The molecule has 1 heterocycles. The topological polar surface area (TPSA) is 123 Å². The summed E-state index contributed by atoms with van der Waals surface area (Å²) >= 11 is 0. The van der Waals surface area contributed by atoms with Crippen molar-refractivity contribution in [2.24, 2.45) is 0 Å². The van der Waals surface area contributed by atoms with E-state index in [0.717, 1.165) is 19.4 Å². The molecule has 29 heavy (non-hydrogen) atoms. The number of benzene rings is 2. The minimum atomic E-state index is -0.574. The summed E-state index contributed by atoms with van der Waals surface area (Å²) in [6.45, 7) is 2.77. The number of nitro groups is 1. The number of ether oxygens (including phenoxy) is 1. The van der Waals surface area contributed by atoms with Gasteiger partial charge in [-0.1, -0.05) is 12.1 Å². The van der Waals surface area contributed by atoms with Gasteiger partial charge in [-0.05, 0) is 50.1 Å². The highest BCUT2D eigenvalue weighted by Crippen LogP contribution is 2.24. The van der Waals surface area contributed by atoms with Gasteiger partial charge in [-0.3, -0.25) is 14.9 Å². The second-order valence-corrected chi connectivity index (χ2v) is 6.73. The molecule has 152 valence electrons. The van der Waals surface area contributed by atoms with Gasteiger partial charge in [-0.25, -0.2) is 4.79 Å². The quantitative estimate of drug-likeness (QED) is 0.508. The lowest BCUT2D eigenvalue weighted by Crippen LogP contribution is -2.35. The first-order valence-electron chi connectivity index (χ1n) is 9.26. The molecule has 1 saturated heterocycles. The van der Waals surface area contributed by atoms with E-state index in [2.05, 4.69) is 16.0 Å². The molecule has 2 aromatic carbocycles. The summed E-state index contributed by atoms with van der Waals surface area (Å²) in [5, 5.41) is 19.3. The van der Waals surface area contributed by atoms with Gasteiger partial charge in [0.05, 0.1) is 11.0 Å². The number of nitrogens with one attached hydrogen (secondary N) is 3. The zero-order valence-electron chi connectivity index (χ0n) is 15.9. The number of aryl methyl sites for hydroxylation is 1. The van der Waals surface area contributed by atoms with Crippen LogP contribution >= 0.6 is 0 Å². The Balaban J connectivity index is 1.58. The Hall–Kier alpha value is -3.46. The number of rotatable bonds is 6. The van der Waals surface area contributed by atoms with E-state index in [9.17, 15) is 19.7 Å². The molecule has 3 N–H and O–H groups in total. The summed E-state index contributed by atoms with van der Waals surface area (Å²) in [6.07, 6.45) is 2.00. The van der Waals surface area contributed by atoms with Crippen molar-refractivity contribution in [3.8, 4) is 0 Å². The van der Waals surface area contributed by atoms with Crippen molar-refractivity contribution < 1.29 is 19.2 Å². The summed E-state index contributed by atoms with van der Waals surface area (Å²) in [4.78, 5) is 35.1. The maximum absolute atomic E-state index is 12.5. The van der Waals surface area contributed by atoms with Crippen LogP contribution in [0.2, 0.25) is 0 Å². The fraction of sp³-hybridized carbons (Fsp3) is 0.300. The van der Waals surface area contributed by atoms with Gasteiger partial charge in [-0.15, -0.1) is 0 Å². The fourth-order valence-corrected chi connectivity index (χ4v) is 3.11. The average molecular weight is 398 g/mol. The highest BCUT2D eigenvalue weighted by Gasteiger charge is 2.22. The number of carbonyl (C=O) groups excluding carboxylic acids is 2.